The van der Waals surface area contributed by atoms with Gasteiger partial charge >= 0.3 is 6.18 Å². The predicted molar refractivity (Wildman–Crippen MR) is 65.1 cm³/mol. The molecular formula is C12H14ClF3N2O. The highest BCUT2D eigenvalue weighted by atomic mass is 35.5. The van der Waals surface area contributed by atoms with Gasteiger partial charge in [-0.1, -0.05) is 11.6 Å². The molecule has 0 amide bonds. The Morgan fingerprint density at radius 2 is 1.95 bits per heavy atom. The van der Waals surface area contributed by atoms with E-state index in [1.165, 1.54) is 18.3 Å². The van der Waals surface area contributed by atoms with Crippen LogP contribution in [0.2, 0.25) is 5.02 Å². The number of hydrogen-bond donors (Lipinski definition) is 2. The lowest BCUT2D eigenvalue weighted by molar-refractivity contribution is -0.202. The molecule has 0 aliphatic carbocycles. The van der Waals surface area contributed by atoms with E-state index in [1.54, 1.807) is 0 Å². The summed E-state index contributed by atoms with van der Waals surface area (Å²) in [6.45, 7) is 0.716. The molecule has 1 atom stereocenters. The van der Waals surface area contributed by atoms with Crippen LogP contribution < -0.4 is 5.32 Å². The minimum Gasteiger partial charge on any atom is -0.389 e. The number of piperidine rings is 1. The van der Waals surface area contributed by atoms with Crippen molar-refractivity contribution in [2.75, 3.05) is 13.1 Å². The fourth-order valence-electron chi connectivity index (χ4n) is 2.45. The molecule has 0 radical (unpaired) electrons. The average molecular weight is 295 g/mol. The van der Waals surface area contributed by atoms with Crippen LogP contribution in [0.15, 0.2) is 18.3 Å². The molecule has 0 spiro atoms. The number of rotatable bonds is 2. The van der Waals surface area contributed by atoms with Gasteiger partial charge in [-0.2, -0.15) is 13.2 Å². The van der Waals surface area contributed by atoms with Crippen LogP contribution in [0, 0.1) is 0 Å². The molecule has 0 unspecified atom stereocenters. The van der Waals surface area contributed by atoms with Crippen molar-refractivity contribution in [2.45, 2.75) is 30.5 Å². The van der Waals surface area contributed by atoms with Crippen LogP contribution in [-0.4, -0.2) is 35.0 Å². The van der Waals surface area contributed by atoms with Gasteiger partial charge in [0.25, 0.3) is 0 Å². The normalized spacial score (nSPS) is 21.1. The molecule has 0 saturated carbocycles. The van der Waals surface area contributed by atoms with Gasteiger partial charge in [0.1, 0.15) is 5.92 Å². The maximum Gasteiger partial charge on any atom is 0.400 e. The van der Waals surface area contributed by atoms with E-state index in [2.05, 4.69) is 10.3 Å². The van der Waals surface area contributed by atoms with E-state index in [1.807, 2.05) is 0 Å². The first-order valence-electron chi connectivity index (χ1n) is 5.94. The zero-order chi connectivity index (χ0) is 14.1. The van der Waals surface area contributed by atoms with E-state index in [9.17, 15) is 18.3 Å². The first kappa shape index (κ1) is 14.6. The van der Waals surface area contributed by atoms with Crippen molar-refractivity contribution in [3.05, 3.63) is 29.0 Å². The van der Waals surface area contributed by atoms with Crippen molar-refractivity contribution in [1.29, 1.82) is 0 Å². The van der Waals surface area contributed by atoms with Crippen LogP contribution in [0.5, 0.6) is 0 Å². The predicted octanol–water partition coefficient (Wildman–Crippen LogP) is 2.50. The van der Waals surface area contributed by atoms with Gasteiger partial charge in [-0.25, -0.2) is 0 Å². The second kappa shape index (κ2) is 5.26. The summed E-state index contributed by atoms with van der Waals surface area (Å²) in [6.07, 6.45) is -3.30. The number of nitrogens with zero attached hydrogens (tertiary/aromatic N) is 1. The van der Waals surface area contributed by atoms with E-state index in [0.717, 1.165) is 0 Å². The van der Waals surface area contributed by atoms with Crippen LogP contribution >= 0.6 is 11.6 Å². The molecule has 1 aliphatic rings. The lowest BCUT2D eigenvalue weighted by Crippen LogP contribution is -2.50. The number of hydrogen-bond acceptors (Lipinski definition) is 3. The number of nitrogens with one attached hydrogen (secondary N) is 1. The molecule has 2 heterocycles. The summed E-state index contributed by atoms with van der Waals surface area (Å²) in [5, 5.41) is 13.6. The zero-order valence-electron chi connectivity index (χ0n) is 10.0. The standard InChI is InChI=1S/C12H14ClF3N2O/c13-8-1-2-9(18-7-8)10(12(14,15)16)11(19)3-5-17-6-4-11/h1-2,7,10,17,19H,3-6H2/t10-/m0/s1. The summed E-state index contributed by atoms with van der Waals surface area (Å²) >= 11 is 5.63. The smallest absolute Gasteiger partial charge is 0.389 e. The van der Waals surface area contributed by atoms with Gasteiger partial charge in [-0.3, -0.25) is 4.98 Å². The fraction of sp³-hybridized carbons (Fsp3) is 0.583. The Morgan fingerprint density at radius 3 is 2.42 bits per heavy atom. The minimum atomic E-state index is -4.55. The second-order valence-electron chi connectivity index (χ2n) is 4.73. The van der Waals surface area contributed by atoms with Gasteiger partial charge in [0.2, 0.25) is 0 Å². The van der Waals surface area contributed by atoms with Crippen LogP contribution in [-0.2, 0) is 0 Å². The molecule has 0 bridgehead atoms. The summed E-state index contributed by atoms with van der Waals surface area (Å²) in [5.41, 5.74) is -2.01. The topological polar surface area (TPSA) is 45.2 Å². The monoisotopic (exact) mass is 294 g/mol. The number of aromatic nitrogens is 1. The third kappa shape index (κ3) is 3.19. The van der Waals surface area contributed by atoms with Crippen LogP contribution in [0.4, 0.5) is 13.2 Å². The van der Waals surface area contributed by atoms with E-state index in [0.29, 0.717) is 13.1 Å². The summed E-state index contributed by atoms with van der Waals surface area (Å²) in [5.74, 6) is -1.99. The quantitative estimate of drug-likeness (QED) is 0.881. The Hall–Kier alpha value is -0.850. The largest absolute Gasteiger partial charge is 0.400 e. The highest BCUT2D eigenvalue weighted by Gasteiger charge is 2.54. The second-order valence-corrected chi connectivity index (χ2v) is 5.17. The lowest BCUT2D eigenvalue weighted by atomic mass is 9.77. The van der Waals surface area contributed by atoms with Gasteiger partial charge in [0, 0.05) is 6.20 Å². The van der Waals surface area contributed by atoms with Crippen LogP contribution in [0.25, 0.3) is 0 Å². The Bertz CT molecular complexity index is 430. The van der Waals surface area contributed by atoms with Gasteiger partial charge in [-0.05, 0) is 38.1 Å². The van der Waals surface area contributed by atoms with E-state index < -0.39 is 17.7 Å². The van der Waals surface area contributed by atoms with Crippen LogP contribution in [0.3, 0.4) is 0 Å². The maximum atomic E-state index is 13.3. The Morgan fingerprint density at radius 1 is 1.32 bits per heavy atom. The highest BCUT2D eigenvalue weighted by Crippen LogP contribution is 2.45. The van der Waals surface area contributed by atoms with Crippen molar-refractivity contribution >= 4 is 11.6 Å². The first-order valence-corrected chi connectivity index (χ1v) is 6.32. The Balaban J connectivity index is 2.38. The molecule has 1 aromatic heterocycles. The Kier molecular flexibility index (Phi) is 4.03. The molecule has 2 rings (SSSR count). The molecule has 106 valence electrons. The fourth-order valence-corrected chi connectivity index (χ4v) is 2.57. The highest BCUT2D eigenvalue weighted by molar-refractivity contribution is 6.30. The van der Waals surface area contributed by atoms with Crippen molar-refractivity contribution in [3.63, 3.8) is 0 Å². The summed E-state index contributed by atoms with van der Waals surface area (Å²) in [4.78, 5) is 3.73. The maximum absolute atomic E-state index is 13.3. The third-order valence-corrected chi connectivity index (χ3v) is 3.60. The average Bonchev–Trinajstić information content (AvgIpc) is 2.31. The molecule has 1 aliphatic heterocycles. The van der Waals surface area contributed by atoms with E-state index >= 15 is 0 Å². The molecule has 1 fully saturated rings. The summed E-state index contributed by atoms with van der Waals surface area (Å²) in [7, 11) is 0. The van der Waals surface area contributed by atoms with Crippen molar-refractivity contribution in [1.82, 2.24) is 10.3 Å². The molecule has 2 N–H and O–H groups in total. The molecular weight excluding hydrogens is 281 g/mol. The van der Waals surface area contributed by atoms with Gasteiger partial charge in [0.05, 0.1) is 16.3 Å². The van der Waals surface area contributed by atoms with Gasteiger partial charge in [0.15, 0.2) is 0 Å². The van der Waals surface area contributed by atoms with Crippen molar-refractivity contribution in [3.8, 4) is 0 Å². The van der Waals surface area contributed by atoms with Gasteiger partial charge < -0.3 is 10.4 Å². The summed E-state index contributed by atoms with van der Waals surface area (Å²) < 4.78 is 39.8. The third-order valence-electron chi connectivity index (χ3n) is 3.38. The molecule has 1 aromatic rings. The minimum absolute atomic E-state index is 0.0431. The Labute approximate surface area is 113 Å². The van der Waals surface area contributed by atoms with E-state index in [4.69, 9.17) is 11.6 Å². The number of halogens is 4. The van der Waals surface area contributed by atoms with Crippen LogP contribution in [0.1, 0.15) is 24.5 Å². The molecule has 0 aromatic carbocycles. The molecule has 1 saturated heterocycles. The number of alkyl halides is 3. The number of pyridine rings is 1. The molecule has 19 heavy (non-hydrogen) atoms. The first-order chi connectivity index (χ1) is 8.83. The summed E-state index contributed by atoms with van der Waals surface area (Å²) in [6, 6.07) is 2.58. The molecule has 3 nitrogen and oxygen atoms in total. The van der Waals surface area contributed by atoms with Gasteiger partial charge in [-0.15, -0.1) is 0 Å². The zero-order valence-corrected chi connectivity index (χ0v) is 10.8. The SMILES string of the molecule is OC1([C@H](c2ccc(Cl)cn2)C(F)(F)F)CCNCC1. The van der Waals surface area contributed by atoms with Crippen molar-refractivity contribution in [2.24, 2.45) is 0 Å². The van der Waals surface area contributed by atoms with E-state index in [-0.39, 0.29) is 23.6 Å². The number of aliphatic hydroxyl groups is 1. The molecule has 7 heteroatoms. The lowest BCUT2D eigenvalue weighted by Gasteiger charge is -2.39. The van der Waals surface area contributed by atoms with Crippen molar-refractivity contribution < 1.29 is 18.3 Å².